The first kappa shape index (κ1) is 13.1. The maximum atomic E-state index is 13.6. The highest BCUT2D eigenvalue weighted by molar-refractivity contribution is 9.10. The molecule has 5 heteroatoms. The third-order valence-corrected chi connectivity index (χ3v) is 4.18. The van der Waals surface area contributed by atoms with Crippen LogP contribution >= 0.6 is 15.9 Å². The summed E-state index contributed by atoms with van der Waals surface area (Å²) in [5, 5.41) is 1.07. The van der Waals surface area contributed by atoms with Crippen molar-refractivity contribution in [2.24, 2.45) is 0 Å². The number of hydrogen-bond donors (Lipinski definition) is 0. The van der Waals surface area contributed by atoms with Gasteiger partial charge in [-0.05, 0) is 34.1 Å². The van der Waals surface area contributed by atoms with Gasteiger partial charge in [-0.2, -0.15) is 0 Å². The maximum Gasteiger partial charge on any atom is 0.139 e. The van der Waals surface area contributed by atoms with Crippen LogP contribution in [0.2, 0.25) is 0 Å². The van der Waals surface area contributed by atoms with Crippen molar-refractivity contribution in [3.63, 3.8) is 0 Å². The molecule has 0 amide bonds. The number of benzene rings is 1. The van der Waals surface area contributed by atoms with Crippen LogP contribution in [0.5, 0.6) is 0 Å². The Morgan fingerprint density at radius 3 is 2.79 bits per heavy atom. The van der Waals surface area contributed by atoms with Gasteiger partial charge < -0.3 is 9.30 Å². The molecule has 3 rings (SSSR count). The van der Waals surface area contributed by atoms with Crippen LogP contribution in [-0.2, 0) is 11.3 Å². The van der Waals surface area contributed by atoms with E-state index >= 15 is 0 Å². The lowest BCUT2D eigenvalue weighted by Gasteiger charge is -2.26. The first-order chi connectivity index (χ1) is 9.24. The molecule has 102 valence electrons. The van der Waals surface area contributed by atoms with E-state index in [4.69, 9.17) is 4.74 Å². The minimum atomic E-state index is -0.209. The fraction of sp³-hybridized carbons (Fsp3) is 0.429. The molecule has 0 radical (unpaired) electrons. The van der Waals surface area contributed by atoms with E-state index in [-0.39, 0.29) is 5.82 Å². The Morgan fingerprint density at radius 2 is 2.00 bits per heavy atom. The van der Waals surface area contributed by atoms with Crippen LogP contribution in [0.3, 0.4) is 0 Å². The molecule has 2 aromatic rings. The van der Waals surface area contributed by atoms with Gasteiger partial charge in [0.25, 0.3) is 0 Å². The van der Waals surface area contributed by atoms with Crippen molar-refractivity contribution >= 4 is 26.8 Å². The highest BCUT2D eigenvalue weighted by atomic mass is 79.9. The van der Waals surface area contributed by atoms with Crippen LogP contribution < -0.4 is 0 Å². The fourth-order valence-electron chi connectivity index (χ4n) is 2.45. The molecule has 2 heterocycles. The smallest absolute Gasteiger partial charge is 0.139 e. The Kier molecular flexibility index (Phi) is 3.86. The van der Waals surface area contributed by atoms with Crippen molar-refractivity contribution in [1.82, 2.24) is 9.47 Å². The summed E-state index contributed by atoms with van der Waals surface area (Å²) in [6.07, 6.45) is 2.02. The zero-order valence-corrected chi connectivity index (χ0v) is 12.2. The van der Waals surface area contributed by atoms with Gasteiger partial charge >= 0.3 is 0 Å². The largest absolute Gasteiger partial charge is 0.379 e. The zero-order valence-electron chi connectivity index (χ0n) is 10.6. The SMILES string of the molecule is Fc1cc2c(ccn2CCN2CCOCC2)cc1Br. The monoisotopic (exact) mass is 326 g/mol. The van der Waals surface area contributed by atoms with Gasteiger partial charge in [0.15, 0.2) is 0 Å². The Hall–Kier alpha value is -0.910. The summed E-state index contributed by atoms with van der Waals surface area (Å²) >= 11 is 3.22. The van der Waals surface area contributed by atoms with Crippen LogP contribution in [0.1, 0.15) is 0 Å². The molecule has 0 saturated carbocycles. The number of rotatable bonds is 3. The molecule has 1 aliphatic heterocycles. The standard InChI is InChI=1S/C14H16BrFN2O/c15-12-9-11-1-2-18(14(11)10-13(12)16)4-3-17-5-7-19-8-6-17/h1-2,9-10H,3-8H2. The minimum Gasteiger partial charge on any atom is -0.379 e. The van der Waals surface area contributed by atoms with Crippen LogP contribution in [0.15, 0.2) is 28.9 Å². The van der Waals surface area contributed by atoms with Crippen molar-refractivity contribution in [2.45, 2.75) is 6.54 Å². The van der Waals surface area contributed by atoms with E-state index in [2.05, 4.69) is 25.4 Å². The summed E-state index contributed by atoms with van der Waals surface area (Å²) in [6, 6.07) is 5.45. The lowest BCUT2D eigenvalue weighted by molar-refractivity contribution is 0.0365. The van der Waals surface area contributed by atoms with E-state index in [1.807, 2.05) is 18.3 Å². The normalized spacial score (nSPS) is 17.2. The van der Waals surface area contributed by atoms with Gasteiger partial charge in [-0.3, -0.25) is 4.90 Å². The number of hydrogen-bond acceptors (Lipinski definition) is 2. The molecule has 3 nitrogen and oxygen atoms in total. The van der Waals surface area contributed by atoms with Crippen molar-refractivity contribution in [2.75, 3.05) is 32.8 Å². The molecular weight excluding hydrogens is 311 g/mol. The summed E-state index contributed by atoms with van der Waals surface area (Å²) in [5.74, 6) is -0.209. The molecule has 1 saturated heterocycles. The predicted molar refractivity (Wildman–Crippen MR) is 76.9 cm³/mol. The molecule has 0 bridgehead atoms. The lowest BCUT2D eigenvalue weighted by Crippen LogP contribution is -2.38. The molecule has 1 fully saturated rings. The van der Waals surface area contributed by atoms with Crippen LogP contribution in [0.4, 0.5) is 4.39 Å². The van der Waals surface area contributed by atoms with Crippen molar-refractivity contribution in [1.29, 1.82) is 0 Å². The molecule has 0 unspecified atom stereocenters. The van der Waals surface area contributed by atoms with Crippen molar-refractivity contribution in [3.05, 3.63) is 34.7 Å². The Bertz CT molecular complexity index is 578. The molecule has 1 aliphatic rings. The summed E-state index contributed by atoms with van der Waals surface area (Å²) in [5.41, 5.74) is 0.953. The number of ether oxygens (including phenoxy) is 1. The molecule has 0 spiro atoms. The topological polar surface area (TPSA) is 17.4 Å². The van der Waals surface area contributed by atoms with Gasteiger partial charge in [-0.25, -0.2) is 4.39 Å². The number of halogens is 2. The van der Waals surface area contributed by atoms with Crippen LogP contribution in [0.25, 0.3) is 10.9 Å². The van der Waals surface area contributed by atoms with E-state index in [0.717, 1.165) is 50.3 Å². The Morgan fingerprint density at radius 1 is 1.21 bits per heavy atom. The second-order valence-electron chi connectivity index (χ2n) is 4.79. The first-order valence-electron chi connectivity index (χ1n) is 6.48. The van der Waals surface area contributed by atoms with Gasteiger partial charge in [0, 0.05) is 37.8 Å². The van der Waals surface area contributed by atoms with Crippen molar-refractivity contribution < 1.29 is 9.13 Å². The minimum absolute atomic E-state index is 0.209. The van der Waals surface area contributed by atoms with E-state index in [9.17, 15) is 4.39 Å². The fourth-order valence-corrected chi connectivity index (χ4v) is 2.81. The van der Waals surface area contributed by atoms with Gasteiger partial charge in [0.05, 0.1) is 23.2 Å². The van der Waals surface area contributed by atoms with Crippen LogP contribution in [0, 0.1) is 5.82 Å². The van der Waals surface area contributed by atoms with E-state index in [1.165, 1.54) is 0 Å². The molecule has 1 aromatic heterocycles. The van der Waals surface area contributed by atoms with E-state index in [1.54, 1.807) is 6.07 Å². The summed E-state index contributed by atoms with van der Waals surface area (Å²) in [4.78, 5) is 2.38. The molecule has 0 atom stereocenters. The van der Waals surface area contributed by atoms with Crippen molar-refractivity contribution in [3.8, 4) is 0 Å². The number of morpholine rings is 1. The average molecular weight is 327 g/mol. The van der Waals surface area contributed by atoms with Gasteiger partial charge in [0.2, 0.25) is 0 Å². The summed E-state index contributed by atoms with van der Waals surface area (Å²) in [7, 11) is 0. The van der Waals surface area contributed by atoms with Crippen LogP contribution in [-0.4, -0.2) is 42.3 Å². The number of aromatic nitrogens is 1. The molecule has 1 aromatic carbocycles. The quantitative estimate of drug-likeness (QED) is 0.863. The van der Waals surface area contributed by atoms with Gasteiger partial charge in [0.1, 0.15) is 5.82 Å². The summed E-state index contributed by atoms with van der Waals surface area (Å²) < 4.78 is 21.6. The Balaban J connectivity index is 1.75. The predicted octanol–water partition coefficient (Wildman–Crippen LogP) is 2.88. The van der Waals surface area contributed by atoms with E-state index < -0.39 is 0 Å². The first-order valence-corrected chi connectivity index (χ1v) is 7.27. The number of nitrogens with zero attached hydrogens (tertiary/aromatic N) is 2. The highest BCUT2D eigenvalue weighted by Crippen LogP contribution is 2.24. The maximum absolute atomic E-state index is 13.6. The zero-order chi connectivity index (χ0) is 13.2. The Labute approximate surface area is 120 Å². The third kappa shape index (κ3) is 2.83. The number of fused-ring (bicyclic) bond motifs is 1. The molecule has 0 N–H and O–H groups in total. The highest BCUT2D eigenvalue weighted by Gasteiger charge is 2.11. The lowest BCUT2D eigenvalue weighted by atomic mass is 10.2. The third-order valence-electron chi connectivity index (χ3n) is 3.57. The summed E-state index contributed by atoms with van der Waals surface area (Å²) in [6.45, 7) is 5.45. The average Bonchev–Trinajstić information content (AvgIpc) is 2.80. The second kappa shape index (κ2) is 5.61. The second-order valence-corrected chi connectivity index (χ2v) is 5.64. The van der Waals surface area contributed by atoms with Gasteiger partial charge in [-0.15, -0.1) is 0 Å². The molecular formula is C14H16BrFN2O. The van der Waals surface area contributed by atoms with Gasteiger partial charge in [-0.1, -0.05) is 0 Å². The van der Waals surface area contributed by atoms with E-state index in [0.29, 0.717) is 4.47 Å². The molecule has 19 heavy (non-hydrogen) atoms. The molecule has 0 aliphatic carbocycles.